The molecule has 232 valence electrons. The SMILES string of the molecule is CCN(CC)c1ccc(NC(=O)C2N(CCCCCCO)C(=O)[C@@H]3[C@H](C(=O)NCc4ccccc4)[C@H]4SC23CC4Br)cc1. The molecule has 3 aliphatic heterocycles. The molecule has 2 bridgehead atoms. The van der Waals surface area contributed by atoms with E-state index >= 15 is 0 Å². The number of carbonyl (C=O) groups excluding carboxylic acids is 3. The maximum absolute atomic E-state index is 14.2. The second-order valence-corrected chi connectivity index (χ2v) is 14.5. The van der Waals surface area contributed by atoms with Crippen molar-refractivity contribution >= 4 is 56.8 Å². The van der Waals surface area contributed by atoms with Crippen molar-refractivity contribution in [2.45, 2.75) is 73.4 Å². The van der Waals surface area contributed by atoms with Crippen molar-refractivity contribution in [3.05, 3.63) is 60.2 Å². The number of likely N-dealkylation sites (tertiary alicyclic amines) is 1. The zero-order valence-corrected chi connectivity index (χ0v) is 27.4. The fourth-order valence-electron chi connectivity index (χ4n) is 7.18. The average Bonchev–Trinajstić information content (AvgIpc) is 3.61. The minimum absolute atomic E-state index is 0.0298. The lowest BCUT2D eigenvalue weighted by atomic mass is 9.70. The van der Waals surface area contributed by atoms with Gasteiger partial charge in [-0.05, 0) is 62.9 Å². The van der Waals surface area contributed by atoms with E-state index in [-0.39, 0.29) is 34.4 Å². The fourth-order valence-corrected chi connectivity index (χ4v) is 10.8. The molecule has 3 unspecified atom stereocenters. The molecule has 2 aromatic rings. The first kappa shape index (κ1) is 31.9. The Morgan fingerprint density at radius 3 is 2.40 bits per heavy atom. The summed E-state index contributed by atoms with van der Waals surface area (Å²) in [5, 5.41) is 15.3. The van der Waals surface area contributed by atoms with Gasteiger partial charge in [-0.25, -0.2) is 0 Å². The maximum atomic E-state index is 14.2. The number of benzene rings is 2. The molecule has 1 spiro atoms. The molecule has 3 aliphatic rings. The number of aliphatic hydroxyl groups is 1. The minimum Gasteiger partial charge on any atom is -0.396 e. The lowest BCUT2D eigenvalue weighted by Gasteiger charge is -2.35. The number of unbranched alkanes of at least 4 members (excludes halogenated alkanes) is 3. The second-order valence-electron chi connectivity index (χ2n) is 11.7. The average molecular weight is 672 g/mol. The standard InChI is InChI=1S/C33H43BrN4O4S/c1-3-37(4-2)24-16-14-23(15-17-24)36-31(41)29-33-20-25(34)28(43-33)26(30(40)35-21-22-12-8-7-9-13-22)27(33)32(42)38(29)18-10-5-6-11-19-39/h7-9,12-17,25-29,39H,3-6,10-11,18-21H2,1-2H3,(H,35,40)(H,36,41)/t25?,26-,27-,28-,29?,33?/m0/s1. The highest BCUT2D eigenvalue weighted by Gasteiger charge is 2.75. The van der Waals surface area contributed by atoms with Crippen LogP contribution >= 0.6 is 27.7 Å². The summed E-state index contributed by atoms with van der Waals surface area (Å²) in [6.45, 7) is 7.03. The predicted molar refractivity (Wildman–Crippen MR) is 176 cm³/mol. The first-order valence-corrected chi connectivity index (χ1v) is 17.3. The predicted octanol–water partition coefficient (Wildman–Crippen LogP) is 4.81. The molecule has 5 rings (SSSR count). The number of amides is 3. The largest absolute Gasteiger partial charge is 0.396 e. The van der Waals surface area contributed by atoms with E-state index in [2.05, 4.69) is 45.3 Å². The van der Waals surface area contributed by atoms with Gasteiger partial charge >= 0.3 is 0 Å². The van der Waals surface area contributed by atoms with Crippen LogP contribution in [0.3, 0.4) is 0 Å². The van der Waals surface area contributed by atoms with Gasteiger partial charge in [-0.3, -0.25) is 14.4 Å². The molecule has 0 aliphatic carbocycles. The Morgan fingerprint density at radius 1 is 1.02 bits per heavy atom. The van der Waals surface area contributed by atoms with Crippen molar-refractivity contribution in [1.82, 2.24) is 10.2 Å². The number of rotatable bonds is 14. The van der Waals surface area contributed by atoms with E-state index in [1.54, 1.807) is 16.7 Å². The number of nitrogens with one attached hydrogen (secondary N) is 2. The van der Waals surface area contributed by atoms with Crippen molar-refractivity contribution in [2.75, 3.05) is 36.5 Å². The normalized spacial score (nSPS) is 27.3. The van der Waals surface area contributed by atoms with Gasteiger partial charge in [0.15, 0.2) is 0 Å². The molecule has 3 saturated heterocycles. The van der Waals surface area contributed by atoms with E-state index in [4.69, 9.17) is 0 Å². The number of alkyl halides is 1. The third kappa shape index (κ3) is 6.33. The van der Waals surface area contributed by atoms with Crippen LogP contribution in [0.4, 0.5) is 11.4 Å². The minimum atomic E-state index is -0.680. The number of hydrogen-bond acceptors (Lipinski definition) is 6. The van der Waals surface area contributed by atoms with Gasteiger partial charge in [-0.15, -0.1) is 11.8 Å². The van der Waals surface area contributed by atoms with Crippen molar-refractivity contribution in [3.8, 4) is 0 Å². The topological polar surface area (TPSA) is 102 Å². The zero-order chi connectivity index (χ0) is 30.6. The molecule has 0 radical (unpaired) electrons. The first-order chi connectivity index (χ1) is 20.8. The van der Waals surface area contributed by atoms with E-state index in [0.717, 1.165) is 50.0 Å². The number of aliphatic hydroxyl groups excluding tert-OH is 1. The molecular formula is C33H43BrN4O4S. The Morgan fingerprint density at radius 2 is 1.72 bits per heavy atom. The number of halogens is 1. The van der Waals surface area contributed by atoms with Gasteiger partial charge in [0.25, 0.3) is 0 Å². The van der Waals surface area contributed by atoms with Gasteiger partial charge in [0.1, 0.15) is 6.04 Å². The number of anilines is 2. The van der Waals surface area contributed by atoms with Gasteiger partial charge in [0.2, 0.25) is 17.7 Å². The Kier molecular flexibility index (Phi) is 10.4. The summed E-state index contributed by atoms with van der Waals surface area (Å²) in [6, 6.07) is 17.0. The van der Waals surface area contributed by atoms with Gasteiger partial charge in [-0.2, -0.15) is 0 Å². The summed E-state index contributed by atoms with van der Waals surface area (Å²) in [7, 11) is 0. The van der Waals surface area contributed by atoms with E-state index in [0.29, 0.717) is 25.2 Å². The second kappa shape index (κ2) is 14.0. The van der Waals surface area contributed by atoms with Crippen LogP contribution in [0.1, 0.15) is 51.5 Å². The van der Waals surface area contributed by atoms with Crippen LogP contribution in [-0.2, 0) is 20.9 Å². The van der Waals surface area contributed by atoms with E-state index in [1.165, 1.54) is 0 Å². The molecule has 0 aromatic heterocycles. The van der Waals surface area contributed by atoms with Crippen molar-refractivity contribution in [2.24, 2.45) is 11.8 Å². The van der Waals surface area contributed by atoms with Gasteiger partial charge in [0, 0.05) is 54.2 Å². The molecule has 3 heterocycles. The third-order valence-electron chi connectivity index (χ3n) is 9.22. The molecule has 8 nitrogen and oxygen atoms in total. The van der Waals surface area contributed by atoms with Crippen LogP contribution in [0.2, 0.25) is 0 Å². The van der Waals surface area contributed by atoms with Crippen molar-refractivity contribution in [1.29, 1.82) is 0 Å². The van der Waals surface area contributed by atoms with Gasteiger partial charge in [0.05, 0.1) is 16.6 Å². The summed E-state index contributed by atoms with van der Waals surface area (Å²) in [6.07, 6.45) is 3.85. The fraction of sp³-hybridized carbons (Fsp3) is 0.545. The first-order valence-electron chi connectivity index (χ1n) is 15.5. The lowest BCUT2D eigenvalue weighted by Crippen LogP contribution is -2.53. The summed E-state index contributed by atoms with van der Waals surface area (Å²) in [5.41, 5.74) is 2.79. The van der Waals surface area contributed by atoms with E-state index in [1.807, 2.05) is 54.6 Å². The Balaban J connectivity index is 1.39. The molecule has 3 N–H and O–H groups in total. The van der Waals surface area contributed by atoms with Crippen LogP contribution in [0.5, 0.6) is 0 Å². The van der Waals surface area contributed by atoms with Gasteiger partial charge < -0.3 is 25.5 Å². The molecule has 3 amide bonds. The number of thioether (sulfide) groups is 1. The summed E-state index contributed by atoms with van der Waals surface area (Å²) >= 11 is 5.50. The number of carbonyl (C=O) groups is 3. The highest BCUT2D eigenvalue weighted by atomic mass is 79.9. The molecule has 0 saturated carbocycles. The quantitative estimate of drug-likeness (QED) is 0.197. The third-order valence-corrected chi connectivity index (χ3v) is 12.4. The smallest absolute Gasteiger partial charge is 0.248 e. The van der Waals surface area contributed by atoms with Crippen LogP contribution < -0.4 is 15.5 Å². The maximum Gasteiger partial charge on any atom is 0.248 e. The number of hydrogen-bond donors (Lipinski definition) is 3. The van der Waals surface area contributed by atoms with Gasteiger partial charge in [-0.1, -0.05) is 59.1 Å². The number of nitrogens with zero attached hydrogens (tertiary/aromatic N) is 2. The van der Waals surface area contributed by atoms with E-state index in [9.17, 15) is 19.5 Å². The lowest BCUT2D eigenvalue weighted by molar-refractivity contribution is -0.139. The van der Waals surface area contributed by atoms with E-state index < -0.39 is 22.6 Å². The van der Waals surface area contributed by atoms with Crippen LogP contribution in [0.25, 0.3) is 0 Å². The summed E-state index contributed by atoms with van der Waals surface area (Å²) in [5.74, 6) is -1.47. The number of fused-ring (bicyclic) bond motifs is 1. The molecular weight excluding hydrogens is 628 g/mol. The van der Waals surface area contributed by atoms with Crippen LogP contribution in [-0.4, -0.2) is 74.8 Å². The highest BCUT2D eigenvalue weighted by molar-refractivity contribution is 9.09. The Labute approximate surface area is 267 Å². The zero-order valence-electron chi connectivity index (χ0n) is 25.0. The molecule has 3 fully saturated rings. The Bertz CT molecular complexity index is 1280. The molecule has 6 atom stereocenters. The summed E-state index contributed by atoms with van der Waals surface area (Å²) < 4.78 is -0.680. The van der Waals surface area contributed by atoms with Crippen LogP contribution in [0.15, 0.2) is 54.6 Å². The highest BCUT2D eigenvalue weighted by Crippen LogP contribution is 2.67. The monoisotopic (exact) mass is 670 g/mol. The summed E-state index contributed by atoms with van der Waals surface area (Å²) in [4.78, 5) is 46.2. The molecule has 2 aromatic carbocycles. The van der Waals surface area contributed by atoms with Crippen molar-refractivity contribution < 1.29 is 19.5 Å². The molecule has 10 heteroatoms. The molecule has 43 heavy (non-hydrogen) atoms. The van der Waals surface area contributed by atoms with Crippen molar-refractivity contribution in [3.63, 3.8) is 0 Å². The van der Waals surface area contributed by atoms with Crippen LogP contribution in [0, 0.1) is 11.8 Å². The Hall–Kier alpha value is -2.56.